The summed E-state index contributed by atoms with van der Waals surface area (Å²) in [6.45, 7) is 6.56. The Morgan fingerprint density at radius 2 is 1.68 bits per heavy atom. The van der Waals surface area contributed by atoms with Crippen molar-refractivity contribution >= 4 is 29.0 Å². The van der Waals surface area contributed by atoms with Crippen LogP contribution in [0.2, 0.25) is 5.02 Å². The van der Waals surface area contributed by atoms with Crippen molar-refractivity contribution in [1.82, 2.24) is 20.1 Å². The number of benzene rings is 2. The van der Waals surface area contributed by atoms with E-state index in [1.807, 2.05) is 12.1 Å². The van der Waals surface area contributed by atoms with Gasteiger partial charge in [0.1, 0.15) is 11.6 Å². The Hall–Kier alpha value is -3.60. The summed E-state index contributed by atoms with van der Waals surface area (Å²) in [6, 6.07) is 15.0. The van der Waals surface area contributed by atoms with Gasteiger partial charge in [0.15, 0.2) is 0 Å². The van der Waals surface area contributed by atoms with Crippen molar-refractivity contribution in [1.29, 1.82) is 0 Å². The van der Waals surface area contributed by atoms with Gasteiger partial charge in [0, 0.05) is 65.1 Å². The molecule has 1 N–H and O–H groups in total. The fraction of sp³-hybridized carbons (Fsp3) is 0.379. The number of pyridine rings is 1. The van der Waals surface area contributed by atoms with Crippen LogP contribution >= 0.6 is 11.6 Å². The summed E-state index contributed by atoms with van der Waals surface area (Å²) >= 11 is 6.55. The topological polar surface area (TPSA) is 94.9 Å². The molecule has 2 saturated heterocycles. The Morgan fingerprint density at radius 1 is 1.02 bits per heavy atom. The molecular weight excluding hydrogens is 535 g/mol. The average Bonchev–Trinajstić information content (AvgIpc) is 2.97. The number of nitrogens with one attached hydrogen (secondary N) is 1. The maximum Gasteiger partial charge on any atom is 0.269 e. The van der Waals surface area contributed by atoms with Gasteiger partial charge in [-0.1, -0.05) is 35.9 Å². The first kappa shape index (κ1) is 27.9. The number of hydrogen-bond acceptors (Lipinski definition) is 7. The number of amides is 1. The molecule has 2 aromatic carbocycles. The normalized spacial score (nSPS) is 17.1. The number of halogens is 2. The first-order valence-electron chi connectivity index (χ1n) is 13.5. The minimum absolute atomic E-state index is 0. The highest BCUT2D eigenvalue weighted by molar-refractivity contribution is 6.33. The Labute approximate surface area is 239 Å². The lowest BCUT2D eigenvalue weighted by molar-refractivity contribution is -0.384. The average molecular weight is 569 g/mol. The van der Waals surface area contributed by atoms with E-state index in [1.54, 1.807) is 36.5 Å². The highest BCUT2D eigenvalue weighted by atomic mass is 35.5. The lowest BCUT2D eigenvalue weighted by atomic mass is 10.0. The number of nitrogens with zero attached hydrogens (tertiary/aromatic N) is 5. The van der Waals surface area contributed by atoms with Gasteiger partial charge in [-0.05, 0) is 55.3 Å². The molecule has 0 radical (unpaired) electrons. The van der Waals surface area contributed by atoms with Crippen molar-refractivity contribution in [3.8, 4) is 0 Å². The van der Waals surface area contributed by atoms with Crippen LogP contribution in [-0.2, 0) is 13.1 Å². The van der Waals surface area contributed by atoms with Crippen LogP contribution in [0.25, 0.3) is 0 Å². The molecule has 11 heteroatoms. The number of likely N-dealkylation sites (tertiary alicyclic amines) is 1. The van der Waals surface area contributed by atoms with E-state index in [0.717, 1.165) is 69.8 Å². The van der Waals surface area contributed by atoms with Gasteiger partial charge in [-0.15, -0.1) is 0 Å². The minimum atomic E-state index is -0.369. The number of piperidine rings is 1. The Balaban J connectivity index is 0.00000387. The SMILES string of the molecule is O=C(NCc1ccc(F)cc1)c1cnc(N2CCN(C3CCN(Cc4ccc([N+](=O)[O-])cc4)CC3)CC2)c(Cl)c1.[HH]. The number of hydrogen-bond donors (Lipinski definition) is 1. The molecule has 0 spiro atoms. The lowest BCUT2D eigenvalue weighted by Crippen LogP contribution is -2.53. The molecule has 0 atom stereocenters. The number of aromatic nitrogens is 1. The molecule has 0 aliphatic carbocycles. The molecule has 2 fully saturated rings. The van der Waals surface area contributed by atoms with Crippen LogP contribution in [-0.4, -0.2) is 70.9 Å². The Morgan fingerprint density at radius 3 is 2.30 bits per heavy atom. The highest BCUT2D eigenvalue weighted by Crippen LogP contribution is 2.27. The fourth-order valence-electron chi connectivity index (χ4n) is 5.40. The van der Waals surface area contributed by atoms with E-state index in [2.05, 4.69) is 25.0 Å². The molecule has 9 nitrogen and oxygen atoms in total. The van der Waals surface area contributed by atoms with Crippen molar-refractivity contribution in [2.75, 3.05) is 44.2 Å². The maximum atomic E-state index is 13.1. The third kappa shape index (κ3) is 6.93. The second-order valence-corrected chi connectivity index (χ2v) is 10.7. The van der Waals surface area contributed by atoms with Gasteiger partial charge in [-0.25, -0.2) is 9.37 Å². The molecule has 2 aliphatic heterocycles. The van der Waals surface area contributed by atoms with E-state index in [0.29, 0.717) is 22.4 Å². The quantitative estimate of drug-likeness (QED) is 0.310. The Bertz CT molecular complexity index is 1330. The number of carbonyl (C=O) groups is 1. The smallest absolute Gasteiger partial charge is 0.269 e. The van der Waals surface area contributed by atoms with Crippen molar-refractivity contribution in [2.24, 2.45) is 0 Å². The monoisotopic (exact) mass is 568 g/mol. The van der Waals surface area contributed by atoms with E-state index in [9.17, 15) is 19.3 Å². The van der Waals surface area contributed by atoms with Gasteiger partial charge in [0.2, 0.25) is 0 Å². The first-order chi connectivity index (χ1) is 19.4. The molecule has 3 heterocycles. The van der Waals surface area contributed by atoms with Crippen LogP contribution in [0.4, 0.5) is 15.9 Å². The van der Waals surface area contributed by atoms with E-state index >= 15 is 0 Å². The molecular formula is C29H34ClFN6O3. The zero-order chi connectivity index (χ0) is 28.1. The molecule has 40 heavy (non-hydrogen) atoms. The van der Waals surface area contributed by atoms with Gasteiger partial charge >= 0.3 is 0 Å². The second kappa shape index (κ2) is 12.7. The van der Waals surface area contributed by atoms with Gasteiger partial charge in [-0.3, -0.25) is 24.7 Å². The standard InChI is InChI=1S/C29H32ClFN6O3.H2/c30-27-17-23(29(38)33-18-21-1-5-24(31)6-2-21)19-32-28(27)36-15-13-35(14-16-36)25-9-11-34(12-10-25)20-22-3-7-26(8-4-22)37(39)40;/h1-8,17,19,25H,9-16,18,20H2,(H,33,38);1H. The van der Waals surface area contributed by atoms with E-state index in [1.165, 1.54) is 12.1 Å². The molecule has 5 rings (SSSR count). The second-order valence-electron chi connectivity index (χ2n) is 10.3. The fourth-order valence-corrected chi connectivity index (χ4v) is 5.68. The molecule has 0 unspecified atom stereocenters. The van der Waals surface area contributed by atoms with Gasteiger partial charge < -0.3 is 10.2 Å². The summed E-state index contributed by atoms with van der Waals surface area (Å²) in [4.78, 5) is 34.7. The maximum absolute atomic E-state index is 13.1. The van der Waals surface area contributed by atoms with Gasteiger partial charge in [0.05, 0.1) is 15.5 Å². The summed E-state index contributed by atoms with van der Waals surface area (Å²) < 4.78 is 13.1. The van der Waals surface area contributed by atoms with Crippen LogP contribution in [0.3, 0.4) is 0 Å². The van der Waals surface area contributed by atoms with Crippen LogP contribution < -0.4 is 10.2 Å². The number of carbonyl (C=O) groups excluding carboxylic acids is 1. The molecule has 1 amide bonds. The predicted molar refractivity (Wildman–Crippen MR) is 154 cm³/mol. The largest absolute Gasteiger partial charge is 0.353 e. The summed E-state index contributed by atoms with van der Waals surface area (Å²) in [5, 5.41) is 14.1. The molecule has 2 aliphatic rings. The van der Waals surface area contributed by atoms with Crippen molar-refractivity contribution < 1.29 is 15.5 Å². The summed E-state index contributed by atoms with van der Waals surface area (Å²) in [5.41, 5.74) is 2.41. The predicted octanol–water partition coefficient (Wildman–Crippen LogP) is 4.74. The third-order valence-corrected chi connectivity index (χ3v) is 7.97. The molecule has 0 bridgehead atoms. The third-order valence-electron chi connectivity index (χ3n) is 7.69. The van der Waals surface area contributed by atoms with E-state index in [-0.39, 0.29) is 30.3 Å². The van der Waals surface area contributed by atoms with Crippen LogP contribution in [0.15, 0.2) is 60.8 Å². The number of piperazine rings is 1. The van der Waals surface area contributed by atoms with Gasteiger partial charge in [0.25, 0.3) is 11.6 Å². The number of non-ortho nitro benzene ring substituents is 1. The molecule has 1 aromatic heterocycles. The molecule has 0 saturated carbocycles. The minimum Gasteiger partial charge on any atom is -0.353 e. The Kier molecular flexibility index (Phi) is 8.88. The summed E-state index contributed by atoms with van der Waals surface area (Å²) in [7, 11) is 0. The number of anilines is 1. The highest BCUT2D eigenvalue weighted by Gasteiger charge is 2.28. The summed E-state index contributed by atoms with van der Waals surface area (Å²) in [6.07, 6.45) is 3.73. The zero-order valence-corrected chi connectivity index (χ0v) is 22.9. The number of nitro benzene ring substituents is 1. The first-order valence-corrected chi connectivity index (χ1v) is 13.9. The number of rotatable bonds is 8. The summed E-state index contributed by atoms with van der Waals surface area (Å²) in [5.74, 6) is 0.0917. The van der Waals surface area contributed by atoms with Crippen molar-refractivity contribution in [3.63, 3.8) is 0 Å². The van der Waals surface area contributed by atoms with Crippen LogP contribution in [0.1, 0.15) is 35.8 Å². The van der Waals surface area contributed by atoms with Gasteiger partial charge in [-0.2, -0.15) is 0 Å². The van der Waals surface area contributed by atoms with Crippen LogP contribution in [0.5, 0.6) is 0 Å². The van der Waals surface area contributed by atoms with E-state index in [4.69, 9.17) is 11.6 Å². The van der Waals surface area contributed by atoms with Crippen molar-refractivity contribution in [2.45, 2.75) is 32.0 Å². The van der Waals surface area contributed by atoms with E-state index < -0.39 is 0 Å². The molecule has 212 valence electrons. The molecule has 3 aromatic rings. The number of nitro groups is 1. The van der Waals surface area contributed by atoms with Crippen molar-refractivity contribution in [3.05, 3.63) is 98.4 Å². The lowest BCUT2D eigenvalue weighted by Gasteiger charge is -2.43. The zero-order valence-electron chi connectivity index (χ0n) is 22.1. The van der Waals surface area contributed by atoms with Crippen LogP contribution in [0, 0.1) is 15.9 Å².